The fourth-order valence-corrected chi connectivity index (χ4v) is 4.26. The van der Waals surface area contributed by atoms with E-state index in [1.165, 1.54) is 35.6 Å². The van der Waals surface area contributed by atoms with Crippen LogP contribution < -0.4 is 10.0 Å². The Morgan fingerprint density at radius 2 is 1.89 bits per heavy atom. The van der Waals surface area contributed by atoms with E-state index in [9.17, 15) is 13.2 Å². The molecule has 1 aromatic heterocycles. The number of sulfonamides is 1. The lowest BCUT2D eigenvalue weighted by molar-refractivity contribution is 0.102. The van der Waals surface area contributed by atoms with Crippen LogP contribution in [0.5, 0.6) is 0 Å². The van der Waals surface area contributed by atoms with Crippen molar-refractivity contribution in [1.82, 2.24) is 4.98 Å². The molecule has 0 atom stereocenters. The molecule has 0 saturated carbocycles. The van der Waals surface area contributed by atoms with Crippen molar-refractivity contribution >= 4 is 61.3 Å². The van der Waals surface area contributed by atoms with Gasteiger partial charge in [-0.2, -0.15) is 0 Å². The summed E-state index contributed by atoms with van der Waals surface area (Å²) in [7, 11) is -3.89. The van der Waals surface area contributed by atoms with Gasteiger partial charge in [0.25, 0.3) is 15.9 Å². The summed E-state index contributed by atoms with van der Waals surface area (Å²) in [5.41, 5.74) is 0.529. The van der Waals surface area contributed by atoms with Gasteiger partial charge >= 0.3 is 0 Å². The third-order valence-corrected chi connectivity index (χ3v) is 6.37. The van der Waals surface area contributed by atoms with Gasteiger partial charge in [0.15, 0.2) is 5.13 Å². The van der Waals surface area contributed by atoms with Crippen LogP contribution in [0, 0.1) is 6.92 Å². The smallest absolute Gasteiger partial charge is 0.261 e. The molecule has 0 bridgehead atoms. The Labute approximate surface area is 170 Å². The van der Waals surface area contributed by atoms with Crippen molar-refractivity contribution in [2.24, 2.45) is 0 Å². The Morgan fingerprint density at radius 1 is 1.11 bits per heavy atom. The van der Waals surface area contributed by atoms with Crippen LogP contribution in [0.2, 0.25) is 10.0 Å². The molecule has 0 aliphatic rings. The van der Waals surface area contributed by atoms with Crippen molar-refractivity contribution in [1.29, 1.82) is 0 Å². The first-order valence-electron chi connectivity index (χ1n) is 7.56. The van der Waals surface area contributed by atoms with Gasteiger partial charge in [0.1, 0.15) is 0 Å². The highest BCUT2D eigenvalue weighted by molar-refractivity contribution is 7.92. The maximum absolute atomic E-state index is 12.5. The van der Waals surface area contributed by atoms with Crippen molar-refractivity contribution in [3.63, 3.8) is 0 Å². The minimum absolute atomic E-state index is 0.0370. The maximum Gasteiger partial charge on any atom is 0.261 e. The highest BCUT2D eigenvalue weighted by Crippen LogP contribution is 2.26. The average Bonchev–Trinajstić information content (AvgIpc) is 3.02. The van der Waals surface area contributed by atoms with Crippen molar-refractivity contribution in [2.75, 3.05) is 10.0 Å². The predicted octanol–water partition coefficient (Wildman–Crippen LogP) is 4.81. The lowest BCUT2D eigenvalue weighted by Crippen LogP contribution is -2.15. The molecule has 0 spiro atoms. The zero-order valence-corrected chi connectivity index (χ0v) is 17.0. The zero-order chi connectivity index (χ0) is 19.6. The highest BCUT2D eigenvalue weighted by Gasteiger charge is 2.17. The summed E-state index contributed by atoms with van der Waals surface area (Å²) >= 11 is 13.1. The highest BCUT2D eigenvalue weighted by atomic mass is 35.5. The Morgan fingerprint density at radius 3 is 2.56 bits per heavy atom. The first-order chi connectivity index (χ1) is 12.7. The van der Waals surface area contributed by atoms with Crippen molar-refractivity contribution in [3.8, 4) is 0 Å². The number of hydrogen-bond donors (Lipinski definition) is 2. The Kier molecular flexibility index (Phi) is 5.71. The minimum Gasteiger partial charge on any atom is -0.298 e. The van der Waals surface area contributed by atoms with Crippen LogP contribution in [-0.4, -0.2) is 19.3 Å². The molecule has 27 heavy (non-hydrogen) atoms. The first kappa shape index (κ1) is 19.6. The van der Waals surface area contributed by atoms with Crippen LogP contribution in [0.15, 0.2) is 53.6 Å². The SMILES string of the molecule is Cc1cnc(NC(=O)c2cccc(NS(=O)(=O)c3ccc(Cl)c(Cl)c3)c2)s1. The molecule has 10 heteroatoms. The van der Waals surface area contributed by atoms with Crippen LogP contribution in [0.25, 0.3) is 0 Å². The second-order valence-electron chi connectivity index (χ2n) is 5.49. The van der Waals surface area contributed by atoms with E-state index >= 15 is 0 Å². The topological polar surface area (TPSA) is 88.2 Å². The number of amides is 1. The quantitative estimate of drug-likeness (QED) is 0.594. The van der Waals surface area contributed by atoms with Gasteiger partial charge in [-0.25, -0.2) is 13.4 Å². The van der Waals surface area contributed by atoms with Crippen LogP contribution in [-0.2, 0) is 10.0 Å². The number of nitrogens with one attached hydrogen (secondary N) is 2. The molecule has 1 amide bonds. The molecule has 0 unspecified atom stereocenters. The summed E-state index contributed by atoms with van der Waals surface area (Å²) in [5.74, 6) is -0.389. The number of nitrogens with zero attached hydrogens (tertiary/aromatic N) is 1. The van der Waals surface area contributed by atoms with E-state index in [2.05, 4.69) is 15.0 Å². The second kappa shape index (κ2) is 7.85. The van der Waals surface area contributed by atoms with E-state index < -0.39 is 10.0 Å². The van der Waals surface area contributed by atoms with Gasteiger partial charge in [0, 0.05) is 22.3 Å². The molecule has 0 aliphatic carbocycles. The Hall–Kier alpha value is -2.13. The van der Waals surface area contributed by atoms with E-state index in [1.54, 1.807) is 24.4 Å². The van der Waals surface area contributed by atoms with Gasteiger partial charge in [-0.05, 0) is 43.3 Å². The maximum atomic E-state index is 12.5. The van der Waals surface area contributed by atoms with E-state index in [0.717, 1.165) is 4.88 Å². The number of benzene rings is 2. The molecule has 0 fully saturated rings. The Balaban J connectivity index is 1.80. The third-order valence-electron chi connectivity index (χ3n) is 3.42. The van der Waals surface area contributed by atoms with Crippen LogP contribution >= 0.6 is 34.5 Å². The first-order valence-corrected chi connectivity index (χ1v) is 10.6. The van der Waals surface area contributed by atoms with Crippen LogP contribution in [0.3, 0.4) is 0 Å². The third kappa shape index (κ3) is 4.78. The molecule has 0 saturated heterocycles. The van der Waals surface area contributed by atoms with E-state index in [4.69, 9.17) is 23.2 Å². The number of halogens is 2. The molecule has 2 aromatic carbocycles. The molecule has 6 nitrogen and oxygen atoms in total. The van der Waals surface area contributed by atoms with Gasteiger partial charge in [0.2, 0.25) is 0 Å². The summed E-state index contributed by atoms with van der Waals surface area (Å²) in [5, 5.41) is 3.53. The summed E-state index contributed by atoms with van der Waals surface area (Å²) in [6.45, 7) is 1.88. The monoisotopic (exact) mass is 441 g/mol. The minimum atomic E-state index is -3.89. The van der Waals surface area contributed by atoms with Gasteiger partial charge in [-0.15, -0.1) is 11.3 Å². The lowest BCUT2D eigenvalue weighted by Gasteiger charge is -2.10. The predicted molar refractivity (Wildman–Crippen MR) is 109 cm³/mol. The van der Waals surface area contributed by atoms with Gasteiger partial charge in [-0.3, -0.25) is 14.8 Å². The van der Waals surface area contributed by atoms with Crippen LogP contribution in [0.1, 0.15) is 15.2 Å². The number of carbonyl (C=O) groups excluding carboxylic acids is 1. The number of rotatable bonds is 5. The molecule has 140 valence electrons. The summed E-state index contributed by atoms with van der Waals surface area (Å²) in [6, 6.07) is 10.1. The van der Waals surface area contributed by atoms with Crippen LogP contribution in [0.4, 0.5) is 10.8 Å². The van der Waals surface area contributed by atoms with E-state index in [-0.39, 0.29) is 32.1 Å². The summed E-state index contributed by atoms with van der Waals surface area (Å²) in [4.78, 5) is 17.3. The number of thiazole rings is 1. The number of hydrogen-bond acceptors (Lipinski definition) is 5. The van der Waals surface area contributed by atoms with E-state index in [1.807, 2.05) is 6.92 Å². The molecule has 0 aliphatic heterocycles. The standard InChI is InChI=1S/C17H13Cl2N3O3S2/c1-10-9-20-17(26-10)21-16(23)11-3-2-4-12(7-11)22-27(24,25)13-5-6-14(18)15(19)8-13/h2-9,22H,1H3,(H,20,21,23). The number of carbonyl (C=O) groups is 1. The van der Waals surface area contributed by atoms with Crippen molar-refractivity contribution < 1.29 is 13.2 Å². The molecule has 3 aromatic rings. The zero-order valence-electron chi connectivity index (χ0n) is 13.9. The fraction of sp³-hybridized carbons (Fsp3) is 0.0588. The van der Waals surface area contributed by atoms with Gasteiger partial charge in [-0.1, -0.05) is 29.3 Å². The molecule has 0 radical (unpaired) electrons. The van der Waals surface area contributed by atoms with Crippen molar-refractivity contribution in [2.45, 2.75) is 11.8 Å². The summed E-state index contributed by atoms with van der Waals surface area (Å²) < 4.78 is 27.5. The molecular weight excluding hydrogens is 429 g/mol. The lowest BCUT2D eigenvalue weighted by atomic mass is 10.2. The van der Waals surface area contributed by atoms with Gasteiger partial charge < -0.3 is 0 Å². The number of aromatic nitrogens is 1. The largest absolute Gasteiger partial charge is 0.298 e. The molecular formula is C17H13Cl2N3O3S2. The van der Waals surface area contributed by atoms with Gasteiger partial charge in [0.05, 0.1) is 14.9 Å². The average molecular weight is 442 g/mol. The van der Waals surface area contributed by atoms with Crippen molar-refractivity contribution in [3.05, 3.63) is 69.1 Å². The second-order valence-corrected chi connectivity index (χ2v) is 9.22. The fourth-order valence-electron chi connectivity index (χ4n) is 2.16. The van der Waals surface area contributed by atoms with E-state index in [0.29, 0.717) is 5.13 Å². The Bertz CT molecular complexity index is 1110. The number of aryl methyl sites for hydroxylation is 1. The normalized spacial score (nSPS) is 11.2. The number of anilines is 2. The molecule has 2 N–H and O–H groups in total. The molecule has 3 rings (SSSR count). The summed E-state index contributed by atoms with van der Waals surface area (Å²) in [6.07, 6.45) is 1.65. The molecule has 1 heterocycles.